The Morgan fingerprint density at radius 2 is 1.76 bits per heavy atom. The number of hydrogen-bond donors (Lipinski definition) is 1. The van der Waals surface area contributed by atoms with Crippen LogP contribution in [-0.2, 0) is 6.66 Å². The summed E-state index contributed by atoms with van der Waals surface area (Å²) in [7, 11) is -0.396. The first-order chi connectivity index (χ1) is 12.3. The van der Waals surface area contributed by atoms with Crippen LogP contribution in [0.2, 0.25) is 0 Å². The van der Waals surface area contributed by atoms with Gasteiger partial charge in [0, 0.05) is 28.2 Å². The summed E-state index contributed by atoms with van der Waals surface area (Å²) in [6, 6.07) is 19.0. The third-order valence-electron chi connectivity index (χ3n) is 4.60. The zero-order valence-corrected chi connectivity index (χ0v) is 14.5. The molecule has 1 N–H and O–H groups in total. The highest BCUT2D eigenvalue weighted by atomic mass is 31.1. The first-order valence-corrected chi connectivity index (χ1v) is 9.91. The van der Waals surface area contributed by atoms with E-state index in [9.17, 15) is 0 Å². The fourth-order valence-electron chi connectivity index (χ4n) is 3.45. The molecule has 5 heteroatoms. The Morgan fingerprint density at radius 1 is 0.880 bits per heavy atom. The van der Waals surface area contributed by atoms with Crippen molar-refractivity contribution in [2.75, 3.05) is 0 Å². The van der Waals surface area contributed by atoms with E-state index in [1.54, 1.807) is 6.20 Å². The lowest BCUT2D eigenvalue weighted by Crippen LogP contribution is -1.92. The van der Waals surface area contributed by atoms with E-state index >= 15 is 0 Å². The lowest BCUT2D eigenvalue weighted by molar-refractivity contribution is 1.08. The molecule has 25 heavy (non-hydrogen) atoms. The highest BCUT2D eigenvalue weighted by Gasteiger charge is 2.15. The molecular weight excluding hydrogens is 327 g/mol. The SMILES string of the molecule is Cp1c2ccccc2c2cccc(-c3nccc(-c4ccn[nH]4)n3)c21. The highest BCUT2D eigenvalue weighted by molar-refractivity contribution is 7.60. The number of hydrogen-bond acceptors (Lipinski definition) is 3. The van der Waals surface area contributed by atoms with Gasteiger partial charge in [-0.2, -0.15) is 5.10 Å². The van der Waals surface area contributed by atoms with Crippen LogP contribution in [0.3, 0.4) is 0 Å². The van der Waals surface area contributed by atoms with Gasteiger partial charge in [0.05, 0.1) is 11.4 Å². The smallest absolute Gasteiger partial charge is 0.160 e. The second kappa shape index (κ2) is 5.54. The summed E-state index contributed by atoms with van der Waals surface area (Å²) in [4.78, 5) is 9.35. The fourth-order valence-corrected chi connectivity index (χ4v) is 5.65. The summed E-state index contributed by atoms with van der Waals surface area (Å²) in [5.41, 5.74) is 2.89. The van der Waals surface area contributed by atoms with Crippen LogP contribution in [0.4, 0.5) is 0 Å². The minimum Gasteiger partial charge on any atom is -0.276 e. The molecule has 0 aliphatic rings. The highest BCUT2D eigenvalue weighted by Crippen LogP contribution is 2.50. The van der Waals surface area contributed by atoms with Gasteiger partial charge in [-0.3, -0.25) is 5.10 Å². The molecule has 0 radical (unpaired) electrons. The zero-order chi connectivity index (χ0) is 16.8. The number of fused-ring (bicyclic) bond motifs is 3. The predicted octanol–water partition coefficient (Wildman–Crippen LogP) is 5.36. The van der Waals surface area contributed by atoms with Crippen LogP contribution in [0.1, 0.15) is 0 Å². The van der Waals surface area contributed by atoms with Crippen molar-refractivity contribution in [3.8, 4) is 22.8 Å². The summed E-state index contributed by atoms with van der Waals surface area (Å²) >= 11 is 0. The molecule has 0 bridgehead atoms. The number of nitrogens with one attached hydrogen (secondary N) is 1. The molecule has 1 atom stereocenters. The van der Waals surface area contributed by atoms with Gasteiger partial charge in [0.2, 0.25) is 0 Å². The van der Waals surface area contributed by atoms with E-state index in [2.05, 4.69) is 64.3 Å². The normalized spacial score (nSPS) is 12.1. The van der Waals surface area contributed by atoms with E-state index in [-0.39, 0.29) is 0 Å². The monoisotopic (exact) mass is 342 g/mol. The second-order valence-electron chi connectivity index (χ2n) is 6.01. The van der Waals surface area contributed by atoms with Crippen molar-refractivity contribution in [3.05, 3.63) is 67.0 Å². The van der Waals surface area contributed by atoms with Gasteiger partial charge >= 0.3 is 0 Å². The molecule has 3 aromatic heterocycles. The van der Waals surface area contributed by atoms with Crippen LogP contribution in [0.15, 0.2) is 67.0 Å². The van der Waals surface area contributed by atoms with Crippen molar-refractivity contribution >= 4 is 28.5 Å². The standard InChI is InChI=1S/C20H15N4P/c1-25-18-8-3-2-5-13(18)14-6-4-7-15(19(14)25)20-21-11-9-16(23-20)17-10-12-22-24-17/h2-12H,1H3,(H,22,24). The quantitative estimate of drug-likeness (QED) is 0.469. The summed E-state index contributed by atoms with van der Waals surface area (Å²) in [5, 5.41) is 12.5. The molecule has 2 aromatic carbocycles. The maximum Gasteiger partial charge on any atom is 0.160 e. The summed E-state index contributed by atoms with van der Waals surface area (Å²) in [6.45, 7) is 2.32. The number of aromatic amines is 1. The molecule has 0 aliphatic heterocycles. The fraction of sp³-hybridized carbons (Fsp3) is 0.0500. The molecule has 0 amide bonds. The van der Waals surface area contributed by atoms with Gasteiger partial charge in [0.15, 0.2) is 5.82 Å². The minimum atomic E-state index is -0.396. The number of aryl methyl sites for hydroxylation is 1. The van der Waals surface area contributed by atoms with Crippen molar-refractivity contribution in [1.29, 1.82) is 0 Å². The first-order valence-electron chi connectivity index (χ1n) is 8.12. The molecule has 5 rings (SSSR count). The molecule has 1 unspecified atom stereocenters. The average molecular weight is 342 g/mol. The van der Waals surface area contributed by atoms with Gasteiger partial charge in [0.1, 0.15) is 0 Å². The van der Waals surface area contributed by atoms with E-state index in [1.807, 2.05) is 18.3 Å². The molecule has 0 fully saturated rings. The molecule has 4 nitrogen and oxygen atoms in total. The van der Waals surface area contributed by atoms with Crippen LogP contribution >= 0.6 is 7.53 Å². The molecule has 5 aromatic rings. The first kappa shape index (κ1) is 14.4. The largest absolute Gasteiger partial charge is 0.276 e. The third-order valence-corrected chi connectivity index (χ3v) is 6.87. The minimum absolute atomic E-state index is 0.396. The molecule has 0 saturated carbocycles. The molecule has 0 spiro atoms. The Morgan fingerprint density at radius 3 is 2.64 bits per heavy atom. The maximum atomic E-state index is 4.79. The van der Waals surface area contributed by atoms with Crippen LogP contribution in [0.5, 0.6) is 0 Å². The average Bonchev–Trinajstić information content (AvgIpc) is 3.30. The second-order valence-corrected chi connectivity index (χ2v) is 8.06. The molecule has 0 saturated heterocycles. The van der Waals surface area contributed by atoms with Gasteiger partial charge in [-0.05, 0) is 29.6 Å². The van der Waals surface area contributed by atoms with E-state index in [0.29, 0.717) is 0 Å². The van der Waals surface area contributed by atoms with Crippen LogP contribution in [-0.4, -0.2) is 20.2 Å². The van der Waals surface area contributed by atoms with Crippen molar-refractivity contribution in [2.24, 2.45) is 6.66 Å². The van der Waals surface area contributed by atoms with Crippen LogP contribution in [0.25, 0.3) is 43.8 Å². The molecule has 3 heterocycles. The van der Waals surface area contributed by atoms with Gasteiger partial charge in [-0.25, -0.2) is 9.97 Å². The van der Waals surface area contributed by atoms with E-state index in [4.69, 9.17) is 4.98 Å². The number of aromatic nitrogens is 4. The van der Waals surface area contributed by atoms with Crippen molar-refractivity contribution in [1.82, 2.24) is 20.2 Å². The summed E-state index contributed by atoms with van der Waals surface area (Å²) in [5.74, 6) is 0.770. The molecule has 0 aliphatic carbocycles. The number of rotatable bonds is 2. The van der Waals surface area contributed by atoms with Gasteiger partial charge < -0.3 is 0 Å². The Labute approximate surface area is 145 Å². The molecule has 120 valence electrons. The van der Waals surface area contributed by atoms with E-state index in [1.165, 1.54) is 21.0 Å². The van der Waals surface area contributed by atoms with E-state index in [0.717, 1.165) is 22.8 Å². The zero-order valence-electron chi connectivity index (χ0n) is 13.6. The van der Waals surface area contributed by atoms with Crippen molar-refractivity contribution in [3.63, 3.8) is 0 Å². The Kier molecular flexibility index (Phi) is 3.19. The number of benzene rings is 2. The predicted molar refractivity (Wildman–Crippen MR) is 104 cm³/mol. The molecular formula is C20H15N4P. The Bertz CT molecular complexity index is 1210. The topological polar surface area (TPSA) is 54.5 Å². The lowest BCUT2D eigenvalue weighted by Gasteiger charge is -2.06. The Hall–Kier alpha value is -2.97. The lowest BCUT2D eigenvalue weighted by atomic mass is 10.1. The van der Waals surface area contributed by atoms with Crippen molar-refractivity contribution in [2.45, 2.75) is 0 Å². The summed E-state index contributed by atoms with van der Waals surface area (Å²) < 4.78 is 0. The van der Waals surface area contributed by atoms with Crippen molar-refractivity contribution < 1.29 is 0 Å². The maximum absolute atomic E-state index is 4.79. The van der Waals surface area contributed by atoms with Gasteiger partial charge in [-0.15, -0.1) is 7.53 Å². The third kappa shape index (κ3) is 2.19. The van der Waals surface area contributed by atoms with Crippen LogP contribution < -0.4 is 0 Å². The van der Waals surface area contributed by atoms with Gasteiger partial charge in [-0.1, -0.05) is 42.5 Å². The van der Waals surface area contributed by atoms with E-state index < -0.39 is 7.53 Å². The summed E-state index contributed by atoms with van der Waals surface area (Å²) in [6.07, 6.45) is 3.55. The number of H-pyrrole nitrogens is 1. The van der Waals surface area contributed by atoms with Gasteiger partial charge in [0.25, 0.3) is 0 Å². The van der Waals surface area contributed by atoms with Crippen LogP contribution in [0, 0.1) is 0 Å². The number of nitrogens with zero attached hydrogens (tertiary/aromatic N) is 3. The Balaban J connectivity index is 1.81.